The number of hydrogen-bond acceptors (Lipinski definition) is 3. The zero-order valence-corrected chi connectivity index (χ0v) is 16.9. The molecule has 5 unspecified atom stereocenters. The van der Waals surface area contributed by atoms with Gasteiger partial charge in [-0.3, -0.25) is 0 Å². The van der Waals surface area contributed by atoms with E-state index in [-0.39, 0.29) is 29.5 Å². The lowest BCUT2D eigenvalue weighted by atomic mass is 9.54. The Morgan fingerprint density at radius 1 is 1.30 bits per heavy atom. The molecule has 0 aromatic heterocycles. The highest BCUT2D eigenvalue weighted by molar-refractivity contribution is 5.87. The average Bonchev–Trinajstić information content (AvgIpc) is 2.64. The maximum Gasteiger partial charge on any atom is 0.331 e. The topological polar surface area (TPSA) is 46.5 Å². The Kier molecular flexibility index (Phi) is 5.90. The van der Waals surface area contributed by atoms with Crippen molar-refractivity contribution in [1.82, 2.24) is 0 Å². The number of ether oxygens (including phenoxy) is 1. The Balaban J connectivity index is 1.84. The minimum atomic E-state index is -0.375. The molecular weight excluding hydrogens is 336 g/mol. The number of rotatable bonds is 4. The van der Waals surface area contributed by atoms with Crippen molar-refractivity contribution in [2.75, 3.05) is 0 Å². The molecule has 0 radical (unpaired) electrons. The third-order valence-electron chi connectivity index (χ3n) is 6.71. The monoisotopic (exact) mass is 368 g/mol. The number of hydrogen-bond donors (Lipinski definition) is 1. The molecule has 2 aliphatic carbocycles. The molecule has 1 aromatic carbocycles. The van der Waals surface area contributed by atoms with Gasteiger partial charge in [-0.2, -0.15) is 0 Å². The first-order valence-electron chi connectivity index (χ1n) is 10.1. The molecule has 3 rings (SSSR count). The summed E-state index contributed by atoms with van der Waals surface area (Å²) in [5.74, 6) is 0.520. The molecule has 0 aliphatic heterocycles. The molecule has 1 fully saturated rings. The van der Waals surface area contributed by atoms with E-state index in [2.05, 4.69) is 33.8 Å². The van der Waals surface area contributed by atoms with E-state index in [0.29, 0.717) is 18.3 Å². The van der Waals surface area contributed by atoms with Crippen molar-refractivity contribution in [2.24, 2.45) is 23.2 Å². The number of fused-ring (bicyclic) bond motifs is 1. The molecule has 146 valence electrons. The summed E-state index contributed by atoms with van der Waals surface area (Å²) in [7, 11) is 0. The lowest BCUT2D eigenvalue weighted by Gasteiger charge is -2.54. The molecule has 3 nitrogen and oxygen atoms in total. The Hall–Kier alpha value is -1.87. The molecule has 3 heteroatoms. The van der Waals surface area contributed by atoms with Crippen LogP contribution in [0.3, 0.4) is 0 Å². The van der Waals surface area contributed by atoms with Crippen LogP contribution in [0.25, 0.3) is 6.08 Å². The normalized spacial score (nSPS) is 33.6. The van der Waals surface area contributed by atoms with Crippen LogP contribution in [-0.4, -0.2) is 23.3 Å². The minimum Gasteiger partial charge on any atom is -0.458 e. The molecule has 0 bridgehead atoms. The SMILES string of the molecule is CC1=CCC(O)C2(C)CCC(C(C)C)C(OC(=O)C=Cc3ccccc3)C12. The first kappa shape index (κ1) is 19.9. The first-order chi connectivity index (χ1) is 12.8. The molecule has 0 heterocycles. The summed E-state index contributed by atoms with van der Waals surface area (Å²) in [5.41, 5.74) is 2.00. The van der Waals surface area contributed by atoms with Crippen molar-refractivity contribution in [3.63, 3.8) is 0 Å². The summed E-state index contributed by atoms with van der Waals surface area (Å²) in [5, 5.41) is 10.7. The lowest BCUT2D eigenvalue weighted by molar-refractivity contribution is -0.166. The predicted molar refractivity (Wildman–Crippen MR) is 109 cm³/mol. The van der Waals surface area contributed by atoms with Crippen molar-refractivity contribution in [3.8, 4) is 0 Å². The molecule has 1 aromatic rings. The molecule has 1 saturated carbocycles. The fourth-order valence-corrected chi connectivity index (χ4v) is 5.04. The smallest absolute Gasteiger partial charge is 0.331 e. The summed E-state index contributed by atoms with van der Waals surface area (Å²) in [6.07, 6.45) is 7.53. The van der Waals surface area contributed by atoms with E-state index in [4.69, 9.17) is 4.74 Å². The van der Waals surface area contributed by atoms with E-state index in [1.165, 1.54) is 11.6 Å². The van der Waals surface area contributed by atoms with Gasteiger partial charge >= 0.3 is 5.97 Å². The van der Waals surface area contributed by atoms with Crippen LogP contribution in [-0.2, 0) is 9.53 Å². The summed E-state index contributed by atoms with van der Waals surface area (Å²) in [6, 6.07) is 9.77. The van der Waals surface area contributed by atoms with Crippen molar-refractivity contribution < 1.29 is 14.6 Å². The van der Waals surface area contributed by atoms with Crippen molar-refractivity contribution >= 4 is 12.0 Å². The highest BCUT2D eigenvalue weighted by Gasteiger charge is 2.53. The molecular formula is C24H32O3. The minimum absolute atomic E-state index is 0.0801. The third kappa shape index (κ3) is 4.03. The van der Waals surface area contributed by atoms with E-state index in [1.54, 1.807) is 6.08 Å². The first-order valence-corrected chi connectivity index (χ1v) is 10.1. The fraction of sp³-hybridized carbons (Fsp3) is 0.542. The van der Waals surface area contributed by atoms with Crippen molar-refractivity contribution in [3.05, 3.63) is 53.6 Å². The van der Waals surface area contributed by atoms with Crippen LogP contribution in [0.1, 0.15) is 52.5 Å². The molecule has 0 saturated heterocycles. The maximum absolute atomic E-state index is 12.6. The molecule has 2 aliphatic rings. The molecule has 1 N–H and O–H groups in total. The zero-order chi connectivity index (χ0) is 19.6. The van der Waals surface area contributed by atoms with Crippen LogP contribution in [0.5, 0.6) is 0 Å². The standard InChI is InChI=1S/C24H32O3/c1-16(2)19-14-15-24(4)20(25)12-10-17(3)22(24)23(19)27-21(26)13-11-18-8-6-5-7-9-18/h5-11,13,16,19-20,22-23,25H,12,14-15H2,1-4H3. The number of aliphatic hydroxyl groups excluding tert-OH is 1. The summed E-state index contributed by atoms with van der Waals surface area (Å²) < 4.78 is 6.06. The van der Waals surface area contributed by atoms with Crippen LogP contribution in [0.15, 0.2) is 48.1 Å². The summed E-state index contributed by atoms with van der Waals surface area (Å²) in [4.78, 5) is 12.6. The number of aliphatic hydroxyl groups is 1. The van der Waals surface area contributed by atoms with Gasteiger partial charge < -0.3 is 9.84 Å². The van der Waals surface area contributed by atoms with Gasteiger partial charge in [-0.1, -0.05) is 62.8 Å². The van der Waals surface area contributed by atoms with E-state index in [9.17, 15) is 9.90 Å². The van der Waals surface area contributed by atoms with E-state index < -0.39 is 0 Å². The van der Waals surface area contributed by atoms with Gasteiger partial charge in [-0.25, -0.2) is 4.79 Å². The van der Waals surface area contributed by atoms with Crippen LogP contribution >= 0.6 is 0 Å². The fourth-order valence-electron chi connectivity index (χ4n) is 5.04. The second-order valence-corrected chi connectivity index (χ2v) is 8.78. The number of carbonyl (C=O) groups excluding carboxylic acids is 1. The average molecular weight is 369 g/mol. The summed E-state index contributed by atoms with van der Waals surface area (Å²) in [6.45, 7) is 8.69. The molecule has 27 heavy (non-hydrogen) atoms. The van der Waals surface area contributed by atoms with Gasteiger partial charge in [-0.15, -0.1) is 0 Å². The second-order valence-electron chi connectivity index (χ2n) is 8.78. The van der Waals surface area contributed by atoms with Gasteiger partial charge in [0.1, 0.15) is 6.10 Å². The van der Waals surface area contributed by atoms with Gasteiger partial charge in [0.2, 0.25) is 0 Å². The highest BCUT2D eigenvalue weighted by atomic mass is 16.5. The predicted octanol–water partition coefficient (Wildman–Crippen LogP) is 5.01. The van der Waals surface area contributed by atoms with Crippen molar-refractivity contribution in [1.29, 1.82) is 0 Å². The highest BCUT2D eigenvalue weighted by Crippen LogP contribution is 2.54. The number of esters is 1. The molecule has 5 atom stereocenters. The lowest BCUT2D eigenvalue weighted by Crippen LogP contribution is -2.55. The Morgan fingerprint density at radius 2 is 2.00 bits per heavy atom. The number of carbonyl (C=O) groups is 1. The van der Waals surface area contributed by atoms with Gasteiger partial charge in [0, 0.05) is 17.4 Å². The molecule has 0 spiro atoms. The second kappa shape index (κ2) is 8.02. The van der Waals surface area contributed by atoms with Gasteiger partial charge in [0.15, 0.2) is 0 Å². The van der Waals surface area contributed by atoms with Crippen molar-refractivity contribution in [2.45, 2.75) is 59.2 Å². The van der Waals surface area contributed by atoms with E-state index >= 15 is 0 Å². The quantitative estimate of drug-likeness (QED) is 0.461. The van der Waals surface area contributed by atoms with Gasteiger partial charge in [0.25, 0.3) is 0 Å². The van der Waals surface area contributed by atoms with E-state index in [0.717, 1.165) is 18.4 Å². The van der Waals surface area contributed by atoms with Gasteiger partial charge in [0.05, 0.1) is 6.10 Å². The van der Waals surface area contributed by atoms with E-state index in [1.807, 2.05) is 30.3 Å². The summed E-state index contributed by atoms with van der Waals surface area (Å²) >= 11 is 0. The Bertz CT molecular complexity index is 718. The molecule has 0 amide bonds. The largest absolute Gasteiger partial charge is 0.458 e. The zero-order valence-electron chi connectivity index (χ0n) is 16.9. The third-order valence-corrected chi connectivity index (χ3v) is 6.71. The Morgan fingerprint density at radius 3 is 2.67 bits per heavy atom. The van der Waals surface area contributed by atoms with Crippen LogP contribution in [0.4, 0.5) is 0 Å². The maximum atomic E-state index is 12.6. The Labute approximate surface area is 163 Å². The van der Waals surface area contributed by atoms with Crippen LogP contribution in [0.2, 0.25) is 0 Å². The van der Waals surface area contributed by atoms with Crippen LogP contribution < -0.4 is 0 Å². The van der Waals surface area contributed by atoms with Gasteiger partial charge in [-0.05, 0) is 49.7 Å². The number of benzene rings is 1. The van der Waals surface area contributed by atoms with Crippen LogP contribution in [0, 0.1) is 23.2 Å².